The summed E-state index contributed by atoms with van der Waals surface area (Å²) in [6, 6.07) is 20.8. The smallest absolute Gasteiger partial charge is 0.0756 e. The lowest BCUT2D eigenvalue weighted by Gasteiger charge is -2.16. The van der Waals surface area contributed by atoms with Gasteiger partial charge in [-0.25, -0.2) is 0 Å². The quantitative estimate of drug-likeness (QED) is 0.529. The van der Waals surface area contributed by atoms with E-state index in [9.17, 15) is 5.11 Å². The first-order valence-electron chi connectivity index (χ1n) is 9.27. The molecule has 0 aliphatic carbocycles. The number of aliphatic hydroxyl groups is 1. The largest absolute Gasteiger partial charge is 0.389 e. The van der Waals surface area contributed by atoms with E-state index in [1.165, 1.54) is 36.0 Å². The normalized spacial score (nSPS) is 13.0. The van der Waals surface area contributed by atoms with Gasteiger partial charge in [-0.3, -0.25) is 0 Å². The summed E-state index contributed by atoms with van der Waals surface area (Å²) >= 11 is 0. The summed E-state index contributed by atoms with van der Waals surface area (Å²) < 4.78 is 0. The molecule has 1 nitrogen and oxygen atoms in total. The maximum absolute atomic E-state index is 10.7. The highest BCUT2D eigenvalue weighted by atomic mass is 16.3. The molecule has 0 spiro atoms. The first-order valence-corrected chi connectivity index (χ1v) is 9.27. The predicted molar refractivity (Wildman–Crippen MR) is 104 cm³/mol. The third kappa shape index (κ3) is 6.72. The number of unbranched alkanes of at least 4 members (excludes halogenated alkanes) is 3. The Morgan fingerprint density at radius 2 is 1.58 bits per heavy atom. The zero-order valence-corrected chi connectivity index (χ0v) is 14.8. The van der Waals surface area contributed by atoms with E-state index in [4.69, 9.17) is 0 Å². The summed E-state index contributed by atoms with van der Waals surface area (Å²) in [7, 11) is 0. The fourth-order valence-electron chi connectivity index (χ4n) is 2.99. The first kappa shape index (κ1) is 18.5. The molecule has 1 atom stereocenters. The van der Waals surface area contributed by atoms with Crippen LogP contribution in [0, 0.1) is 0 Å². The van der Waals surface area contributed by atoms with Crippen LogP contribution in [0.15, 0.2) is 66.2 Å². The van der Waals surface area contributed by atoms with Gasteiger partial charge < -0.3 is 5.11 Å². The molecular weight excluding hydrogens is 292 g/mol. The average molecular weight is 322 g/mol. The van der Waals surface area contributed by atoms with E-state index in [0.29, 0.717) is 0 Å². The molecule has 0 saturated heterocycles. The maximum atomic E-state index is 10.7. The van der Waals surface area contributed by atoms with Gasteiger partial charge in [0.25, 0.3) is 0 Å². The molecule has 0 bridgehead atoms. The Balaban J connectivity index is 1.99. The Bertz CT molecular complexity index is 586. The first-order chi connectivity index (χ1) is 11.8. The average Bonchev–Trinajstić information content (AvgIpc) is 2.64. The van der Waals surface area contributed by atoms with Crippen LogP contribution < -0.4 is 0 Å². The van der Waals surface area contributed by atoms with Crippen LogP contribution in [0.4, 0.5) is 0 Å². The van der Waals surface area contributed by atoms with Crippen molar-refractivity contribution in [3.63, 3.8) is 0 Å². The molecule has 1 unspecified atom stereocenters. The molecule has 0 aromatic heterocycles. The van der Waals surface area contributed by atoms with Crippen LogP contribution in [0.25, 0.3) is 6.08 Å². The molecular formula is C23H30O. The van der Waals surface area contributed by atoms with Gasteiger partial charge in [0.05, 0.1) is 6.10 Å². The van der Waals surface area contributed by atoms with Crippen molar-refractivity contribution in [1.82, 2.24) is 0 Å². The molecule has 1 N–H and O–H groups in total. The monoisotopic (exact) mass is 322 g/mol. The molecule has 0 saturated carbocycles. The molecule has 0 fully saturated rings. The lowest BCUT2D eigenvalue weighted by Crippen LogP contribution is -2.12. The van der Waals surface area contributed by atoms with Gasteiger partial charge in [-0.1, -0.05) is 92.9 Å². The van der Waals surface area contributed by atoms with Gasteiger partial charge in [0.15, 0.2) is 0 Å². The predicted octanol–water partition coefficient (Wildman–Crippen LogP) is 6.03. The van der Waals surface area contributed by atoms with E-state index >= 15 is 0 Å². The summed E-state index contributed by atoms with van der Waals surface area (Å²) in [5.41, 5.74) is 3.65. The molecule has 1 heteroatoms. The molecule has 2 aromatic carbocycles. The molecule has 2 rings (SSSR count). The van der Waals surface area contributed by atoms with Crippen LogP contribution in [0.5, 0.6) is 0 Å². The van der Waals surface area contributed by atoms with E-state index in [1.54, 1.807) is 0 Å². The number of aryl methyl sites for hydroxylation is 1. The second-order valence-electron chi connectivity index (χ2n) is 6.48. The minimum Gasteiger partial charge on any atom is -0.389 e. The second kappa shape index (κ2) is 10.8. The maximum Gasteiger partial charge on any atom is 0.0756 e. The topological polar surface area (TPSA) is 20.2 Å². The van der Waals surface area contributed by atoms with Crippen LogP contribution in [-0.4, -0.2) is 11.2 Å². The highest BCUT2D eigenvalue weighted by Gasteiger charge is 2.11. The fourth-order valence-corrected chi connectivity index (χ4v) is 2.99. The molecule has 2 aromatic rings. The highest BCUT2D eigenvalue weighted by Crippen LogP contribution is 2.21. The molecule has 0 aliphatic heterocycles. The third-order valence-electron chi connectivity index (χ3n) is 4.45. The van der Waals surface area contributed by atoms with Gasteiger partial charge in [0.1, 0.15) is 0 Å². The number of rotatable bonds is 10. The molecule has 0 radical (unpaired) electrons. The molecule has 128 valence electrons. The van der Waals surface area contributed by atoms with Crippen molar-refractivity contribution in [2.24, 2.45) is 0 Å². The Morgan fingerprint density at radius 1 is 0.917 bits per heavy atom. The minimum atomic E-state index is -0.355. The van der Waals surface area contributed by atoms with Gasteiger partial charge in [-0.05, 0) is 42.4 Å². The SMILES string of the molecule is CCCCCC/C(=C\c1ccccc1)C(O)CCc1ccccc1. The number of hydrogen-bond donors (Lipinski definition) is 1. The van der Waals surface area contributed by atoms with Crippen molar-refractivity contribution in [1.29, 1.82) is 0 Å². The van der Waals surface area contributed by atoms with Crippen molar-refractivity contribution < 1.29 is 5.11 Å². The molecule has 0 heterocycles. The summed E-state index contributed by atoms with van der Waals surface area (Å²) in [4.78, 5) is 0. The van der Waals surface area contributed by atoms with E-state index in [2.05, 4.69) is 61.5 Å². The fraction of sp³-hybridized carbons (Fsp3) is 0.391. The Labute approximate surface area is 147 Å². The van der Waals surface area contributed by atoms with E-state index < -0.39 is 0 Å². The van der Waals surface area contributed by atoms with Crippen LogP contribution in [0.3, 0.4) is 0 Å². The summed E-state index contributed by atoms with van der Waals surface area (Å²) in [6.07, 6.45) is 9.45. The third-order valence-corrected chi connectivity index (χ3v) is 4.45. The van der Waals surface area contributed by atoms with Gasteiger partial charge in [-0.15, -0.1) is 0 Å². The number of benzene rings is 2. The van der Waals surface area contributed by atoms with Crippen LogP contribution in [-0.2, 0) is 6.42 Å². The second-order valence-corrected chi connectivity index (χ2v) is 6.48. The minimum absolute atomic E-state index is 0.355. The van der Waals surface area contributed by atoms with Gasteiger partial charge in [0, 0.05) is 0 Å². The van der Waals surface area contributed by atoms with Crippen LogP contribution in [0.2, 0.25) is 0 Å². The standard InChI is InChI=1S/C23H30O/c1-2-3-4-11-16-22(19-21-14-9-6-10-15-21)23(24)18-17-20-12-7-5-8-13-20/h5-10,12-15,19,23-24H,2-4,11,16-18H2,1H3/b22-19+. The van der Waals surface area contributed by atoms with E-state index in [0.717, 1.165) is 25.7 Å². The lowest BCUT2D eigenvalue weighted by atomic mass is 9.95. The van der Waals surface area contributed by atoms with E-state index in [1.807, 2.05) is 12.1 Å². The van der Waals surface area contributed by atoms with Gasteiger partial charge in [-0.2, -0.15) is 0 Å². The van der Waals surface area contributed by atoms with Crippen LogP contribution >= 0.6 is 0 Å². The van der Waals surface area contributed by atoms with Crippen molar-refractivity contribution in [3.8, 4) is 0 Å². The van der Waals surface area contributed by atoms with E-state index in [-0.39, 0.29) is 6.10 Å². The zero-order valence-electron chi connectivity index (χ0n) is 14.8. The highest BCUT2D eigenvalue weighted by molar-refractivity contribution is 5.53. The molecule has 0 amide bonds. The summed E-state index contributed by atoms with van der Waals surface area (Å²) in [5.74, 6) is 0. The van der Waals surface area contributed by atoms with Gasteiger partial charge >= 0.3 is 0 Å². The summed E-state index contributed by atoms with van der Waals surface area (Å²) in [5, 5.41) is 10.7. The van der Waals surface area contributed by atoms with Crippen molar-refractivity contribution in [3.05, 3.63) is 77.4 Å². The Morgan fingerprint density at radius 3 is 2.25 bits per heavy atom. The summed E-state index contributed by atoms with van der Waals surface area (Å²) in [6.45, 7) is 2.23. The van der Waals surface area contributed by atoms with Crippen LogP contribution in [0.1, 0.15) is 56.6 Å². The lowest BCUT2D eigenvalue weighted by molar-refractivity contribution is 0.197. The Kier molecular flexibility index (Phi) is 8.34. The van der Waals surface area contributed by atoms with Crippen molar-refractivity contribution in [2.45, 2.75) is 58.0 Å². The zero-order chi connectivity index (χ0) is 17.0. The molecule has 0 aliphatic rings. The number of hydrogen-bond acceptors (Lipinski definition) is 1. The Hall–Kier alpha value is -1.86. The number of aliphatic hydroxyl groups excluding tert-OH is 1. The van der Waals surface area contributed by atoms with Crippen molar-refractivity contribution in [2.75, 3.05) is 0 Å². The van der Waals surface area contributed by atoms with Crippen molar-refractivity contribution >= 4 is 6.08 Å². The van der Waals surface area contributed by atoms with Gasteiger partial charge in [0.2, 0.25) is 0 Å². The molecule has 24 heavy (non-hydrogen) atoms.